The molecule has 0 atom stereocenters. The van der Waals surface area contributed by atoms with Crippen molar-refractivity contribution in [2.45, 2.75) is 13.8 Å². The van der Waals surface area contributed by atoms with Crippen molar-refractivity contribution >= 4 is 16.9 Å². The molecule has 0 saturated carbocycles. The molecule has 2 aromatic rings. The Labute approximate surface area is 92.2 Å². The first kappa shape index (κ1) is 10.7. The number of carbonyl (C=O) groups is 1. The van der Waals surface area contributed by atoms with Gasteiger partial charge in [-0.25, -0.2) is 9.18 Å². The topological polar surface area (TPSA) is 42.1 Å². The van der Waals surface area contributed by atoms with Gasteiger partial charge in [0.2, 0.25) is 0 Å². The molecule has 3 nitrogen and oxygen atoms in total. The summed E-state index contributed by atoms with van der Waals surface area (Å²) in [6.07, 6.45) is 1.61. The number of esters is 1. The monoisotopic (exact) mass is 221 g/mol. The summed E-state index contributed by atoms with van der Waals surface area (Å²) in [7, 11) is 0. The predicted molar refractivity (Wildman–Crippen MR) is 59.0 cm³/mol. The SMILES string of the molecule is CCOC(=O)c1cc(C)c(F)c2cc[nH]c12. The molecular weight excluding hydrogens is 209 g/mol. The lowest BCUT2D eigenvalue weighted by atomic mass is 10.1. The highest BCUT2D eigenvalue weighted by atomic mass is 19.1. The van der Waals surface area contributed by atoms with Gasteiger partial charge in [0.1, 0.15) is 5.82 Å². The second-order valence-corrected chi connectivity index (χ2v) is 3.54. The Bertz CT molecular complexity index is 545. The van der Waals surface area contributed by atoms with Crippen molar-refractivity contribution in [2.75, 3.05) is 6.61 Å². The van der Waals surface area contributed by atoms with Crippen LogP contribution in [0.2, 0.25) is 0 Å². The molecule has 0 spiro atoms. The first-order valence-corrected chi connectivity index (χ1v) is 5.08. The number of ether oxygens (including phenoxy) is 1. The van der Waals surface area contributed by atoms with E-state index in [-0.39, 0.29) is 5.82 Å². The summed E-state index contributed by atoms with van der Waals surface area (Å²) in [4.78, 5) is 14.5. The second-order valence-electron chi connectivity index (χ2n) is 3.54. The van der Waals surface area contributed by atoms with Gasteiger partial charge in [0, 0.05) is 11.6 Å². The third kappa shape index (κ3) is 1.56. The number of nitrogens with one attached hydrogen (secondary N) is 1. The Kier molecular flexibility index (Phi) is 2.64. The number of benzene rings is 1. The van der Waals surface area contributed by atoms with Crippen molar-refractivity contribution in [3.63, 3.8) is 0 Å². The summed E-state index contributed by atoms with van der Waals surface area (Å²) in [5.74, 6) is -0.734. The number of aromatic nitrogens is 1. The van der Waals surface area contributed by atoms with Gasteiger partial charge in [0.05, 0.1) is 17.7 Å². The zero-order valence-electron chi connectivity index (χ0n) is 9.13. The van der Waals surface area contributed by atoms with E-state index in [0.717, 1.165) is 0 Å². The number of H-pyrrole nitrogens is 1. The maximum atomic E-state index is 13.7. The van der Waals surface area contributed by atoms with Crippen LogP contribution in [-0.2, 0) is 4.74 Å². The van der Waals surface area contributed by atoms with Crippen LogP contribution in [0, 0.1) is 12.7 Å². The third-order valence-electron chi connectivity index (χ3n) is 2.46. The van der Waals surface area contributed by atoms with Gasteiger partial charge in [-0.05, 0) is 31.5 Å². The molecule has 4 heteroatoms. The number of hydrogen-bond donors (Lipinski definition) is 1. The van der Waals surface area contributed by atoms with Gasteiger partial charge in [0.25, 0.3) is 0 Å². The standard InChI is InChI=1S/C12H12FNO2/c1-3-16-12(15)9-6-7(2)10(13)8-4-5-14-11(8)9/h4-6,14H,3H2,1-2H3. The fourth-order valence-corrected chi connectivity index (χ4v) is 1.71. The summed E-state index contributed by atoms with van der Waals surface area (Å²) in [6, 6.07) is 3.12. The number of aryl methyl sites for hydroxylation is 1. The van der Waals surface area contributed by atoms with Gasteiger partial charge in [0.15, 0.2) is 0 Å². The number of halogens is 1. The molecule has 0 radical (unpaired) electrons. The lowest BCUT2D eigenvalue weighted by molar-refractivity contribution is 0.0528. The summed E-state index contributed by atoms with van der Waals surface area (Å²) in [6.45, 7) is 3.67. The van der Waals surface area contributed by atoms with Gasteiger partial charge in [-0.3, -0.25) is 0 Å². The lowest BCUT2D eigenvalue weighted by Crippen LogP contribution is -2.06. The maximum Gasteiger partial charge on any atom is 0.340 e. The fraction of sp³-hybridized carbons (Fsp3) is 0.250. The van der Waals surface area contributed by atoms with Crippen LogP contribution in [0.25, 0.3) is 10.9 Å². The fourth-order valence-electron chi connectivity index (χ4n) is 1.71. The molecule has 0 aliphatic carbocycles. The highest BCUT2D eigenvalue weighted by Crippen LogP contribution is 2.24. The van der Waals surface area contributed by atoms with E-state index in [1.54, 1.807) is 26.1 Å². The minimum absolute atomic E-state index is 0.302. The van der Waals surface area contributed by atoms with Crippen molar-refractivity contribution in [3.05, 3.63) is 35.3 Å². The maximum absolute atomic E-state index is 13.7. The molecule has 1 N–H and O–H groups in total. The van der Waals surface area contributed by atoms with Crippen LogP contribution in [0.1, 0.15) is 22.8 Å². The van der Waals surface area contributed by atoms with Crippen LogP contribution >= 0.6 is 0 Å². The Morgan fingerprint density at radius 1 is 1.56 bits per heavy atom. The Morgan fingerprint density at radius 2 is 2.31 bits per heavy atom. The molecule has 0 aliphatic rings. The van der Waals surface area contributed by atoms with Crippen molar-refractivity contribution in [3.8, 4) is 0 Å². The number of carbonyl (C=O) groups excluding carboxylic acids is 1. The summed E-state index contributed by atoms with van der Waals surface area (Å²) in [5.41, 5.74) is 1.30. The average molecular weight is 221 g/mol. The van der Waals surface area contributed by atoms with Crippen LogP contribution in [0.4, 0.5) is 4.39 Å². The Hall–Kier alpha value is -1.84. The summed E-state index contributed by atoms with van der Waals surface area (Å²) < 4.78 is 18.6. The molecule has 0 unspecified atom stereocenters. The van der Waals surface area contributed by atoms with E-state index in [1.165, 1.54) is 6.07 Å². The lowest BCUT2D eigenvalue weighted by Gasteiger charge is -2.06. The summed E-state index contributed by atoms with van der Waals surface area (Å²) >= 11 is 0. The van der Waals surface area contributed by atoms with E-state index in [0.29, 0.717) is 28.6 Å². The number of aromatic amines is 1. The minimum atomic E-state index is -0.432. The molecular formula is C12H12FNO2. The zero-order valence-corrected chi connectivity index (χ0v) is 9.13. The van der Waals surface area contributed by atoms with Crippen molar-refractivity contribution in [1.82, 2.24) is 4.98 Å². The van der Waals surface area contributed by atoms with Crippen molar-refractivity contribution in [2.24, 2.45) is 0 Å². The van der Waals surface area contributed by atoms with E-state index in [2.05, 4.69) is 4.98 Å². The van der Waals surface area contributed by atoms with Crippen molar-refractivity contribution < 1.29 is 13.9 Å². The molecule has 0 aliphatic heterocycles. The zero-order chi connectivity index (χ0) is 11.7. The van der Waals surface area contributed by atoms with Gasteiger partial charge in [-0.2, -0.15) is 0 Å². The number of rotatable bonds is 2. The van der Waals surface area contributed by atoms with E-state index in [4.69, 9.17) is 4.74 Å². The molecule has 0 amide bonds. The molecule has 16 heavy (non-hydrogen) atoms. The van der Waals surface area contributed by atoms with Gasteiger partial charge < -0.3 is 9.72 Å². The average Bonchev–Trinajstić information content (AvgIpc) is 2.72. The molecule has 84 valence electrons. The highest BCUT2D eigenvalue weighted by molar-refractivity contribution is 6.03. The quantitative estimate of drug-likeness (QED) is 0.792. The molecule has 0 saturated heterocycles. The molecule has 1 heterocycles. The number of hydrogen-bond acceptors (Lipinski definition) is 2. The summed E-state index contributed by atoms with van der Waals surface area (Å²) in [5, 5.41) is 0.419. The van der Waals surface area contributed by atoms with Gasteiger partial charge in [-0.15, -0.1) is 0 Å². The van der Waals surface area contributed by atoms with Crippen molar-refractivity contribution in [1.29, 1.82) is 0 Å². The molecule has 0 fully saturated rings. The smallest absolute Gasteiger partial charge is 0.340 e. The predicted octanol–water partition coefficient (Wildman–Crippen LogP) is 2.79. The van der Waals surface area contributed by atoms with E-state index >= 15 is 0 Å². The van der Waals surface area contributed by atoms with Gasteiger partial charge in [-0.1, -0.05) is 0 Å². The van der Waals surface area contributed by atoms with Crippen LogP contribution < -0.4 is 0 Å². The van der Waals surface area contributed by atoms with Crippen LogP contribution in [0.5, 0.6) is 0 Å². The molecule has 1 aromatic heterocycles. The number of fused-ring (bicyclic) bond motifs is 1. The first-order chi connectivity index (χ1) is 7.65. The third-order valence-corrected chi connectivity index (χ3v) is 2.46. The minimum Gasteiger partial charge on any atom is -0.462 e. The van der Waals surface area contributed by atoms with E-state index in [1.807, 2.05) is 0 Å². The van der Waals surface area contributed by atoms with Crippen LogP contribution in [0.15, 0.2) is 18.3 Å². The van der Waals surface area contributed by atoms with E-state index in [9.17, 15) is 9.18 Å². The first-order valence-electron chi connectivity index (χ1n) is 5.08. The van der Waals surface area contributed by atoms with E-state index < -0.39 is 5.97 Å². The molecule has 1 aromatic carbocycles. The van der Waals surface area contributed by atoms with Crippen LogP contribution in [-0.4, -0.2) is 17.6 Å². The van der Waals surface area contributed by atoms with Gasteiger partial charge >= 0.3 is 5.97 Å². The largest absolute Gasteiger partial charge is 0.462 e. The molecule has 2 rings (SSSR count). The normalized spacial score (nSPS) is 10.7. The Balaban J connectivity index is 2.65. The van der Waals surface area contributed by atoms with Crippen LogP contribution in [0.3, 0.4) is 0 Å². The highest BCUT2D eigenvalue weighted by Gasteiger charge is 2.16. The second kappa shape index (κ2) is 3.96. The Morgan fingerprint density at radius 3 is 3.00 bits per heavy atom. The molecule has 0 bridgehead atoms.